The Hall–Kier alpha value is -1.17. The molecule has 1 aliphatic rings. The van der Waals surface area contributed by atoms with E-state index in [9.17, 15) is 0 Å². The molecule has 3 nitrogen and oxygen atoms in total. The van der Waals surface area contributed by atoms with Gasteiger partial charge in [-0.25, -0.2) is 9.97 Å². The summed E-state index contributed by atoms with van der Waals surface area (Å²) < 4.78 is 0.920. The third-order valence-electron chi connectivity index (χ3n) is 2.96. The summed E-state index contributed by atoms with van der Waals surface area (Å²) in [5.41, 5.74) is 3.32. The monoisotopic (exact) mass is 351 g/mol. The Balaban J connectivity index is 1.88. The Kier molecular flexibility index (Phi) is 3.45. The third-order valence-corrected chi connectivity index (χ3v) is 3.74. The van der Waals surface area contributed by atoms with Crippen LogP contribution < -0.4 is 5.32 Å². The number of alkyl halides is 1. The van der Waals surface area contributed by atoms with E-state index in [1.54, 1.807) is 0 Å². The van der Waals surface area contributed by atoms with Gasteiger partial charge in [-0.2, -0.15) is 0 Å². The van der Waals surface area contributed by atoms with E-state index in [1.807, 2.05) is 30.3 Å². The molecule has 0 atom stereocenters. The van der Waals surface area contributed by atoms with Gasteiger partial charge in [0.25, 0.3) is 0 Å². The number of rotatable bonds is 4. The van der Waals surface area contributed by atoms with Gasteiger partial charge in [-0.05, 0) is 31.0 Å². The summed E-state index contributed by atoms with van der Waals surface area (Å²) in [6.45, 7) is 0. The molecule has 0 aliphatic heterocycles. The van der Waals surface area contributed by atoms with Crippen molar-refractivity contribution in [3.05, 3.63) is 47.8 Å². The van der Waals surface area contributed by atoms with Crippen LogP contribution in [0.1, 0.15) is 30.1 Å². The number of hydrogen-bond donors (Lipinski definition) is 1. The summed E-state index contributed by atoms with van der Waals surface area (Å²) in [5, 5.41) is 3.28. The van der Waals surface area contributed by atoms with Crippen molar-refractivity contribution in [3.8, 4) is 0 Å². The number of benzene rings is 1. The molecule has 1 aromatic carbocycles. The lowest BCUT2D eigenvalue weighted by Gasteiger charge is -2.08. The van der Waals surface area contributed by atoms with Crippen molar-refractivity contribution in [2.24, 2.45) is 0 Å². The van der Waals surface area contributed by atoms with Crippen molar-refractivity contribution >= 4 is 34.2 Å². The number of nitrogens with one attached hydrogen (secondary N) is 1. The van der Waals surface area contributed by atoms with E-state index < -0.39 is 0 Å². The fraction of sp³-hybridized carbons (Fsp3) is 0.286. The lowest BCUT2D eigenvalue weighted by Crippen LogP contribution is -2.02. The van der Waals surface area contributed by atoms with Crippen LogP contribution in [-0.2, 0) is 4.43 Å². The van der Waals surface area contributed by atoms with Gasteiger partial charge < -0.3 is 5.32 Å². The zero-order chi connectivity index (χ0) is 12.4. The van der Waals surface area contributed by atoms with Gasteiger partial charge in [0, 0.05) is 21.7 Å². The Morgan fingerprint density at radius 1 is 1.17 bits per heavy atom. The highest BCUT2D eigenvalue weighted by Crippen LogP contribution is 2.39. The Bertz CT molecular complexity index is 538. The van der Waals surface area contributed by atoms with Crippen molar-refractivity contribution in [1.29, 1.82) is 0 Å². The molecule has 0 spiro atoms. The smallest absolute Gasteiger partial charge is 0.227 e. The predicted molar refractivity (Wildman–Crippen MR) is 81.5 cm³/mol. The maximum atomic E-state index is 4.61. The van der Waals surface area contributed by atoms with E-state index in [1.165, 1.54) is 18.5 Å². The first-order valence-corrected chi connectivity index (χ1v) is 7.63. The highest BCUT2D eigenvalue weighted by atomic mass is 127. The average Bonchev–Trinajstić information content (AvgIpc) is 3.24. The molecule has 18 heavy (non-hydrogen) atoms. The van der Waals surface area contributed by atoms with E-state index in [0.717, 1.165) is 21.8 Å². The van der Waals surface area contributed by atoms with Gasteiger partial charge in [-0.1, -0.05) is 40.8 Å². The zero-order valence-electron chi connectivity index (χ0n) is 9.94. The molecule has 1 aliphatic carbocycles. The van der Waals surface area contributed by atoms with E-state index in [4.69, 9.17) is 0 Å². The van der Waals surface area contributed by atoms with Gasteiger partial charge in [-0.3, -0.25) is 0 Å². The molecule has 0 bridgehead atoms. The van der Waals surface area contributed by atoms with Gasteiger partial charge in [-0.15, -0.1) is 0 Å². The van der Waals surface area contributed by atoms with Gasteiger partial charge in [0.15, 0.2) is 0 Å². The summed E-state index contributed by atoms with van der Waals surface area (Å²) in [6.07, 6.45) is 2.53. The molecule has 1 aromatic heterocycles. The second kappa shape index (κ2) is 5.22. The number of nitrogens with zero attached hydrogens (tertiary/aromatic N) is 2. The molecule has 92 valence electrons. The van der Waals surface area contributed by atoms with Crippen molar-refractivity contribution in [3.63, 3.8) is 0 Å². The van der Waals surface area contributed by atoms with Gasteiger partial charge in [0.2, 0.25) is 5.95 Å². The Morgan fingerprint density at radius 2 is 1.94 bits per heavy atom. The van der Waals surface area contributed by atoms with Gasteiger partial charge in [0.1, 0.15) is 0 Å². The number of halogens is 1. The van der Waals surface area contributed by atoms with Crippen LogP contribution >= 0.6 is 22.6 Å². The molecule has 0 saturated heterocycles. The summed E-state index contributed by atoms with van der Waals surface area (Å²) in [7, 11) is 0. The minimum absolute atomic E-state index is 0.658. The largest absolute Gasteiger partial charge is 0.324 e. The first-order chi connectivity index (χ1) is 8.85. The van der Waals surface area contributed by atoms with Crippen LogP contribution in [0.4, 0.5) is 11.6 Å². The van der Waals surface area contributed by atoms with Crippen LogP contribution in [0.3, 0.4) is 0 Å². The number of anilines is 2. The molecule has 1 N–H and O–H groups in total. The molecule has 1 heterocycles. The van der Waals surface area contributed by atoms with E-state index in [2.05, 4.69) is 43.9 Å². The van der Waals surface area contributed by atoms with Crippen LogP contribution in [0.25, 0.3) is 0 Å². The summed E-state index contributed by atoms with van der Waals surface area (Å²) in [6, 6.07) is 12.2. The fourth-order valence-electron chi connectivity index (χ4n) is 1.88. The number of para-hydroxylation sites is 1. The highest BCUT2D eigenvalue weighted by molar-refractivity contribution is 14.1. The normalized spacial score (nSPS) is 14.5. The maximum Gasteiger partial charge on any atom is 0.227 e. The minimum Gasteiger partial charge on any atom is -0.324 e. The molecule has 3 rings (SSSR count). The van der Waals surface area contributed by atoms with Crippen LogP contribution in [0.15, 0.2) is 36.4 Å². The standard InChI is InChI=1S/C14H14IN3/c15-9-12-8-13(10-6-7-10)18-14(17-12)16-11-4-2-1-3-5-11/h1-5,8,10H,6-7,9H2,(H,16,17,18). The molecule has 2 aromatic rings. The molecular formula is C14H14IN3. The van der Waals surface area contributed by atoms with Gasteiger partial charge >= 0.3 is 0 Å². The number of hydrogen-bond acceptors (Lipinski definition) is 3. The van der Waals surface area contributed by atoms with Crippen molar-refractivity contribution in [2.45, 2.75) is 23.2 Å². The Labute approximate surface area is 120 Å². The molecule has 1 saturated carbocycles. The van der Waals surface area contributed by atoms with Crippen molar-refractivity contribution < 1.29 is 0 Å². The Morgan fingerprint density at radius 3 is 2.61 bits per heavy atom. The zero-order valence-corrected chi connectivity index (χ0v) is 12.1. The van der Waals surface area contributed by atoms with Gasteiger partial charge in [0.05, 0.1) is 5.69 Å². The minimum atomic E-state index is 0.658. The quantitative estimate of drug-likeness (QED) is 0.668. The molecule has 0 radical (unpaired) electrons. The maximum absolute atomic E-state index is 4.61. The molecule has 4 heteroatoms. The number of aromatic nitrogens is 2. The fourth-order valence-corrected chi connectivity index (χ4v) is 2.27. The van der Waals surface area contributed by atoms with Crippen LogP contribution in [-0.4, -0.2) is 9.97 Å². The van der Waals surface area contributed by atoms with E-state index in [-0.39, 0.29) is 0 Å². The van der Waals surface area contributed by atoms with Crippen LogP contribution in [0.2, 0.25) is 0 Å². The second-order valence-corrected chi connectivity index (χ2v) is 5.27. The molecule has 1 fully saturated rings. The lowest BCUT2D eigenvalue weighted by atomic mass is 10.2. The topological polar surface area (TPSA) is 37.8 Å². The molecule has 0 unspecified atom stereocenters. The van der Waals surface area contributed by atoms with E-state index >= 15 is 0 Å². The average molecular weight is 351 g/mol. The van der Waals surface area contributed by atoms with E-state index in [0.29, 0.717) is 5.92 Å². The first kappa shape index (κ1) is 11.9. The van der Waals surface area contributed by atoms with Crippen molar-refractivity contribution in [2.75, 3.05) is 5.32 Å². The van der Waals surface area contributed by atoms with Crippen LogP contribution in [0.5, 0.6) is 0 Å². The van der Waals surface area contributed by atoms with Crippen molar-refractivity contribution in [1.82, 2.24) is 9.97 Å². The third kappa shape index (κ3) is 2.80. The molecule has 0 amide bonds. The first-order valence-electron chi connectivity index (χ1n) is 6.11. The summed E-state index contributed by atoms with van der Waals surface area (Å²) in [4.78, 5) is 9.14. The molecular weight excluding hydrogens is 337 g/mol. The second-order valence-electron chi connectivity index (χ2n) is 4.51. The highest BCUT2D eigenvalue weighted by Gasteiger charge is 2.26. The summed E-state index contributed by atoms with van der Waals surface area (Å²) >= 11 is 2.34. The lowest BCUT2D eigenvalue weighted by molar-refractivity contribution is 0.971. The van der Waals surface area contributed by atoms with Crippen LogP contribution in [0, 0.1) is 0 Å². The predicted octanol–water partition coefficient (Wildman–Crippen LogP) is 4.03. The SMILES string of the molecule is ICc1cc(C2CC2)nc(Nc2ccccc2)n1. The summed E-state index contributed by atoms with van der Waals surface area (Å²) in [5.74, 6) is 1.38.